The molecule has 1 heterocycles. The van der Waals surface area contributed by atoms with Crippen molar-refractivity contribution in [2.75, 3.05) is 13.1 Å². The van der Waals surface area contributed by atoms with Crippen molar-refractivity contribution in [3.63, 3.8) is 0 Å². The summed E-state index contributed by atoms with van der Waals surface area (Å²) in [7, 11) is 0. The van der Waals surface area contributed by atoms with Gasteiger partial charge in [-0.25, -0.2) is 14.0 Å². The minimum absolute atomic E-state index is 0.0500. The SMILES string of the molecule is O=C(O)NCCC[C@@H](CNC(=O)c1cc2ccc(-c3ccc(F)cc3)cc2[nH]1)NC(=O)O. The molecular weight excluding hydrogens is 419 g/mol. The molecule has 3 aromatic rings. The van der Waals surface area contributed by atoms with E-state index < -0.39 is 24.1 Å². The van der Waals surface area contributed by atoms with Gasteiger partial charge in [0.1, 0.15) is 11.5 Å². The van der Waals surface area contributed by atoms with Crippen molar-refractivity contribution in [1.29, 1.82) is 0 Å². The minimum atomic E-state index is -1.23. The number of benzene rings is 2. The summed E-state index contributed by atoms with van der Waals surface area (Å²) in [6, 6.07) is 12.8. The Morgan fingerprint density at radius 2 is 1.66 bits per heavy atom. The molecule has 0 bridgehead atoms. The van der Waals surface area contributed by atoms with Crippen molar-refractivity contribution in [3.05, 3.63) is 60.0 Å². The van der Waals surface area contributed by atoms with Crippen molar-refractivity contribution < 1.29 is 29.0 Å². The maximum absolute atomic E-state index is 13.2. The van der Waals surface area contributed by atoms with Gasteiger partial charge in [-0.1, -0.05) is 24.3 Å². The number of amides is 3. The molecule has 3 amide bonds. The zero-order valence-electron chi connectivity index (χ0n) is 17.0. The summed E-state index contributed by atoms with van der Waals surface area (Å²) >= 11 is 0. The first kappa shape index (κ1) is 22.6. The first-order valence-electron chi connectivity index (χ1n) is 9.95. The number of H-pyrrole nitrogens is 1. The van der Waals surface area contributed by atoms with Crippen molar-refractivity contribution in [2.45, 2.75) is 18.9 Å². The number of carboxylic acid groups (broad SMARTS) is 2. The highest BCUT2D eigenvalue weighted by Crippen LogP contribution is 2.25. The quantitative estimate of drug-likeness (QED) is 0.282. The van der Waals surface area contributed by atoms with E-state index in [1.54, 1.807) is 18.2 Å². The van der Waals surface area contributed by atoms with Gasteiger partial charge in [0.2, 0.25) is 0 Å². The molecule has 0 radical (unpaired) electrons. The summed E-state index contributed by atoms with van der Waals surface area (Å²) in [5.74, 6) is -0.715. The summed E-state index contributed by atoms with van der Waals surface area (Å²) in [6.07, 6.45) is -1.62. The van der Waals surface area contributed by atoms with Crippen LogP contribution in [0.3, 0.4) is 0 Å². The molecule has 0 saturated carbocycles. The molecule has 168 valence electrons. The number of aromatic nitrogens is 1. The second kappa shape index (κ2) is 10.3. The molecule has 0 aliphatic heterocycles. The normalized spacial score (nSPS) is 11.7. The van der Waals surface area contributed by atoms with Crippen LogP contribution < -0.4 is 16.0 Å². The molecule has 0 saturated heterocycles. The molecule has 32 heavy (non-hydrogen) atoms. The molecule has 0 unspecified atom stereocenters. The molecule has 0 aliphatic rings. The van der Waals surface area contributed by atoms with Gasteiger partial charge < -0.3 is 31.1 Å². The van der Waals surface area contributed by atoms with Gasteiger partial charge in [-0.2, -0.15) is 0 Å². The fourth-order valence-electron chi connectivity index (χ4n) is 3.33. The Morgan fingerprint density at radius 3 is 2.34 bits per heavy atom. The van der Waals surface area contributed by atoms with Gasteiger partial charge in [0, 0.05) is 30.0 Å². The van der Waals surface area contributed by atoms with E-state index in [0.29, 0.717) is 18.5 Å². The van der Waals surface area contributed by atoms with Crippen molar-refractivity contribution >= 4 is 29.0 Å². The maximum Gasteiger partial charge on any atom is 0.404 e. The Labute approximate surface area is 182 Å². The van der Waals surface area contributed by atoms with Crippen molar-refractivity contribution in [3.8, 4) is 11.1 Å². The molecule has 3 rings (SSSR count). The average molecular weight is 442 g/mol. The number of fused-ring (bicyclic) bond motifs is 1. The van der Waals surface area contributed by atoms with Crippen molar-refractivity contribution in [1.82, 2.24) is 20.9 Å². The molecule has 6 N–H and O–H groups in total. The first-order chi connectivity index (χ1) is 15.3. The van der Waals surface area contributed by atoms with Gasteiger partial charge in [-0.05, 0) is 48.2 Å². The third-order valence-electron chi connectivity index (χ3n) is 4.89. The predicted molar refractivity (Wildman–Crippen MR) is 116 cm³/mol. The highest BCUT2D eigenvalue weighted by atomic mass is 19.1. The highest BCUT2D eigenvalue weighted by molar-refractivity contribution is 5.98. The lowest BCUT2D eigenvalue weighted by molar-refractivity contribution is 0.0943. The molecule has 10 heteroatoms. The van der Waals surface area contributed by atoms with E-state index in [9.17, 15) is 18.8 Å². The Kier molecular flexibility index (Phi) is 7.27. The van der Waals surface area contributed by atoms with Crippen LogP contribution in [0.4, 0.5) is 14.0 Å². The monoisotopic (exact) mass is 442 g/mol. The number of rotatable bonds is 9. The fourth-order valence-corrected chi connectivity index (χ4v) is 3.33. The number of carbonyl (C=O) groups excluding carboxylic acids is 1. The zero-order chi connectivity index (χ0) is 23.1. The van der Waals surface area contributed by atoms with Gasteiger partial charge in [0.05, 0.1) is 0 Å². The topological polar surface area (TPSA) is 144 Å². The molecule has 1 atom stereocenters. The number of hydrogen-bond acceptors (Lipinski definition) is 3. The van der Waals surface area contributed by atoms with E-state index in [0.717, 1.165) is 22.0 Å². The van der Waals surface area contributed by atoms with Crippen molar-refractivity contribution in [2.24, 2.45) is 0 Å². The molecule has 9 nitrogen and oxygen atoms in total. The molecule has 0 spiro atoms. The third-order valence-corrected chi connectivity index (χ3v) is 4.89. The molecule has 0 fully saturated rings. The molecular formula is C22H23FN4O5. The largest absolute Gasteiger partial charge is 0.465 e. The summed E-state index contributed by atoms with van der Waals surface area (Å²) in [5.41, 5.74) is 2.76. The van der Waals surface area contributed by atoms with E-state index in [1.807, 2.05) is 18.2 Å². The van der Waals surface area contributed by atoms with Gasteiger partial charge in [0.15, 0.2) is 0 Å². The van der Waals surface area contributed by atoms with E-state index in [4.69, 9.17) is 10.2 Å². The van der Waals surface area contributed by atoms with Crippen LogP contribution in [0.15, 0.2) is 48.5 Å². The standard InChI is InChI=1S/C22H23FN4O5/c23-16-7-5-13(6-8-16)14-3-4-15-11-19(27-18(15)10-14)20(28)25-12-17(26-22(31)32)2-1-9-24-21(29)30/h3-8,10-11,17,24,26-27H,1-2,9,12H2,(H,25,28)(H,29,30)(H,31,32)/t17-/m0/s1. The maximum atomic E-state index is 13.2. The first-order valence-corrected chi connectivity index (χ1v) is 9.95. The van der Waals surface area contributed by atoms with Crippen LogP contribution in [0.2, 0.25) is 0 Å². The Hall–Kier alpha value is -4.08. The molecule has 2 aromatic carbocycles. The highest BCUT2D eigenvalue weighted by Gasteiger charge is 2.15. The van der Waals surface area contributed by atoms with Gasteiger partial charge >= 0.3 is 12.2 Å². The number of hydrogen-bond donors (Lipinski definition) is 6. The van der Waals surface area contributed by atoms with E-state index in [1.165, 1.54) is 12.1 Å². The minimum Gasteiger partial charge on any atom is -0.465 e. The lowest BCUT2D eigenvalue weighted by atomic mass is 10.0. The third kappa shape index (κ3) is 6.21. The molecule has 1 aromatic heterocycles. The summed E-state index contributed by atoms with van der Waals surface area (Å²) in [4.78, 5) is 37.1. The fraction of sp³-hybridized carbons (Fsp3) is 0.227. The van der Waals surface area contributed by atoms with E-state index >= 15 is 0 Å². The van der Waals surface area contributed by atoms with E-state index in [-0.39, 0.29) is 18.9 Å². The van der Waals surface area contributed by atoms with Crippen LogP contribution in [0, 0.1) is 5.82 Å². The summed E-state index contributed by atoms with van der Waals surface area (Å²) in [6.45, 7) is 0.230. The summed E-state index contributed by atoms with van der Waals surface area (Å²) in [5, 5.41) is 25.6. The van der Waals surface area contributed by atoms with Crippen LogP contribution in [-0.4, -0.2) is 52.4 Å². The Bertz CT molecular complexity index is 1110. The van der Waals surface area contributed by atoms with Gasteiger partial charge in [0.25, 0.3) is 5.91 Å². The predicted octanol–water partition coefficient (Wildman–Crippen LogP) is 3.39. The van der Waals surface area contributed by atoms with Gasteiger partial charge in [-0.15, -0.1) is 0 Å². The second-order valence-corrected chi connectivity index (χ2v) is 7.22. The zero-order valence-corrected chi connectivity index (χ0v) is 17.0. The van der Waals surface area contributed by atoms with Crippen LogP contribution in [0.1, 0.15) is 23.3 Å². The number of aromatic amines is 1. The van der Waals surface area contributed by atoms with Gasteiger partial charge in [-0.3, -0.25) is 4.79 Å². The van der Waals surface area contributed by atoms with Crippen LogP contribution in [0.5, 0.6) is 0 Å². The van der Waals surface area contributed by atoms with E-state index in [2.05, 4.69) is 20.9 Å². The number of carbonyl (C=O) groups is 3. The average Bonchev–Trinajstić information content (AvgIpc) is 3.18. The second-order valence-electron chi connectivity index (χ2n) is 7.22. The van der Waals surface area contributed by atoms with Crippen LogP contribution >= 0.6 is 0 Å². The molecule has 0 aliphatic carbocycles. The van der Waals surface area contributed by atoms with Crippen LogP contribution in [0.25, 0.3) is 22.0 Å². The Balaban J connectivity index is 1.63. The lowest BCUT2D eigenvalue weighted by Gasteiger charge is -2.17. The van der Waals surface area contributed by atoms with Crippen LogP contribution in [-0.2, 0) is 0 Å². The smallest absolute Gasteiger partial charge is 0.404 e. The number of halogens is 1. The number of nitrogens with one attached hydrogen (secondary N) is 4. The lowest BCUT2D eigenvalue weighted by Crippen LogP contribution is -2.43. The Morgan fingerprint density at radius 1 is 0.938 bits per heavy atom. The summed E-state index contributed by atoms with van der Waals surface area (Å²) < 4.78 is 13.2.